The molecule has 1 saturated heterocycles. The number of carbonyl (C=O) groups excluding carboxylic acids is 2. The lowest BCUT2D eigenvalue weighted by molar-refractivity contribution is -0.134. The van der Waals surface area contributed by atoms with Crippen molar-refractivity contribution in [3.05, 3.63) is 34.3 Å². The van der Waals surface area contributed by atoms with E-state index in [-0.39, 0.29) is 18.4 Å². The van der Waals surface area contributed by atoms with Crippen LogP contribution < -0.4 is 10.6 Å². The van der Waals surface area contributed by atoms with Crippen molar-refractivity contribution in [2.75, 3.05) is 6.54 Å². The third kappa shape index (κ3) is 3.86. The van der Waals surface area contributed by atoms with Crippen molar-refractivity contribution in [1.29, 1.82) is 0 Å². The molecule has 6 heteroatoms. The molecule has 1 heterocycles. The molecule has 1 aliphatic heterocycles. The molecule has 0 radical (unpaired) electrons. The average Bonchev–Trinajstić information content (AvgIpc) is 2.37. The van der Waals surface area contributed by atoms with Crippen LogP contribution in [0.2, 0.25) is 0 Å². The predicted molar refractivity (Wildman–Crippen MR) is 73.3 cm³/mol. The molecule has 19 heavy (non-hydrogen) atoms. The van der Waals surface area contributed by atoms with Crippen molar-refractivity contribution in [2.45, 2.75) is 25.0 Å². The van der Waals surface area contributed by atoms with E-state index in [4.69, 9.17) is 0 Å². The Balaban J connectivity index is 1.88. The molecule has 2 unspecified atom stereocenters. The monoisotopic (exact) mass is 326 g/mol. The second-order valence-corrected chi connectivity index (χ2v) is 5.40. The summed E-state index contributed by atoms with van der Waals surface area (Å²) in [5.74, 6) is -0.562. The highest BCUT2D eigenvalue weighted by molar-refractivity contribution is 9.10. The summed E-state index contributed by atoms with van der Waals surface area (Å²) in [7, 11) is 0. The molecule has 1 aromatic carbocycles. The van der Waals surface area contributed by atoms with Gasteiger partial charge in [-0.15, -0.1) is 0 Å². The minimum atomic E-state index is -0.692. The number of hydrogen-bond donors (Lipinski definition) is 3. The second-order valence-electron chi connectivity index (χ2n) is 4.48. The Kier molecular flexibility index (Phi) is 4.68. The van der Waals surface area contributed by atoms with Crippen LogP contribution in [0.5, 0.6) is 0 Å². The number of piperidine rings is 1. The maximum Gasteiger partial charge on any atom is 0.243 e. The Morgan fingerprint density at radius 2 is 2.26 bits per heavy atom. The van der Waals surface area contributed by atoms with Gasteiger partial charge in [0.2, 0.25) is 11.8 Å². The van der Waals surface area contributed by atoms with Gasteiger partial charge in [0.05, 0.1) is 12.1 Å². The topological polar surface area (TPSA) is 78.4 Å². The standard InChI is InChI=1S/C13H15BrN2O3/c14-9-3-1-2-8(6-9)11(17)7-15-10-4-5-12(18)16-13(10)19/h1-3,6,10-11,15,17H,4-5,7H2,(H,16,18,19). The molecular weight excluding hydrogens is 312 g/mol. The van der Waals surface area contributed by atoms with Gasteiger partial charge in [-0.3, -0.25) is 14.9 Å². The fourth-order valence-electron chi connectivity index (χ4n) is 1.97. The number of amides is 2. The van der Waals surface area contributed by atoms with Gasteiger partial charge in [-0.2, -0.15) is 0 Å². The molecule has 0 saturated carbocycles. The highest BCUT2D eigenvalue weighted by atomic mass is 79.9. The zero-order valence-electron chi connectivity index (χ0n) is 10.2. The Bertz CT molecular complexity index is 493. The second kappa shape index (κ2) is 6.27. The summed E-state index contributed by atoms with van der Waals surface area (Å²) in [4.78, 5) is 22.5. The highest BCUT2D eigenvalue weighted by Gasteiger charge is 2.26. The van der Waals surface area contributed by atoms with Crippen molar-refractivity contribution in [3.63, 3.8) is 0 Å². The lowest BCUT2D eigenvalue weighted by Crippen LogP contribution is -2.51. The van der Waals surface area contributed by atoms with E-state index < -0.39 is 12.1 Å². The van der Waals surface area contributed by atoms with Crippen LogP contribution in [-0.2, 0) is 9.59 Å². The highest BCUT2D eigenvalue weighted by Crippen LogP contribution is 2.18. The Hall–Kier alpha value is -1.24. The van der Waals surface area contributed by atoms with Crippen LogP contribution in [-0.4, -0.2) is 29.5 Å². The minimum absolute atomic E-state index is 0.240. The Labute approximate surface area is 119 Å². The number of rotatable bonds is 4. The van der Waals surface area contributed by atoms with Crippen molar-refractivity contribution in [2.24, 2.45) is 0 Å². The van der Waals surface area contributed by atoms with Crippen LogP contribution in [0.4, 0.5) is 0 Å². The van der Waals surface area contributed by atoms with Crippen LogP contribution in [0.3, 0.4) is 0 Å². The molecular formula is C13H15BrN2O3. The van der Waals surface area contributed by atoms with Gasteiger partial charge in [-0.1, -0.05) is 28.1 Å². The summed E-state index contributed by atoms with van der Waals surface area (Å²) >= 11 is 3.34. The molecule has 0 bridgehead atoms. The maximum atomic E-state index is 11.5. The van der Waals surface area contributed by atoms with Crippen LogP contribution in [0.1, 0.15) is 24.5 Å². The normalized spacial score (nSPS) is 21.1. The number of nitrogens with one attached hydrogen (secondary N) is 2. The van der Waals surface area contributed by atoms with Gasteiger partial charge in [0.1, 0.15) is 0 Å². The lowest BCUT2D eigenvalue weighted by atomic mass is 10.0. The van der Waals surface area contributed by atoms with Gasteiger partial charge >= 0.3 is 0 Å². The van der Waals surface area contributed by atoms with Gasteiger partial charge < -0.3 is 10.4 Å². The number of hydrogen-bond acceptors (Lipinski definition) is 4. The van der Waals surface area contributed by atoms with Crippen LogP contribution in [0.15, 0.2) is 28.7 Å². The minimum Gasteiger partial charge on any atom is -0.387 e. The van der Waals surface area contributed by atoms with Crippen LogP contribution in [0, 0.1) is 0 Å². The zero-order valence-corrected chi connectivity index (χ0v) is 11.8. The van der Waals surface area contributed by atoms with Crippen molar-refractivity contribution in [3.8, 4) is 0 Å². The number of aliphatic hydroxyl groups is 1. The van der Waals surface area contributed by atoms with Crippen molar-refractivity contribution < 1.29 is 14.7 Å². The number of aliphatic hydroxyl groups excluding tert-OH is 1. The van der Waals surface area contributed by atoms with Gasteiger partial charge in [0, 0.05) is 17.4 Å². The SMILES string of the molecule is O=C1CCC(NCC(O)c2cccc(Br)c2)C(=O)N1. The summed E-state index contributed by atoms with van der Waals surface area (Å²) in [5, 5.41) is 15.3. The third-order valence-electron chi connectivity index (χ3n) is 3.03. The molecule has 5 nitrogen and oxygen atoms in total. The van der Waals surface area contributed by atoms with E-state index >= 15 is 0 Å². The van der Waals surface area contributed by atoms with Crippen LogP contribution >= 0.6 is 15.9 Å². The van der Waals surface area contributed by atoms with Gasteiger partial charge in [0.15, 0.2) is 0 Å². The largest absolute Gasteiger partial charge is 0.387 e. The van der Waals surface area contributed by atoms with Crippen molar-refractivity contribution >= 4 is 27.7 Å². The molecule has 2 amide bonds. The molecule has 0 spiro atoms. The van der Waals surface area contributed by atoms with E-state index in [9.17, 15) is 14.7 Å². The molecule has 1 aliphatic rings. The molecule has 102 valence electrons. The molecule has 3 N–H and O–H groups in total. The summed E-state index contributed by atoms with van der Waals surface area (Å²) in [6, 6.07) is 6.95. The molecule has 0 aromatic heterocycles. The number of carbonyl (C=O) groups is 2. The fraction of sp³-hybridized carbons (Fsp3) is 0.385. The van der Waals surface area contributed by atoms with E-state index in [1.54, 1.807) is 0 Å². The van der Waals surface area contributed by atoms with Crippen molar-refractivity contribution in [1.82, 2.24) is 10.6 Å². The van der Waals surface area contributed by atoms with E-state index in [0.29, 0.717) is 12.8 Å². The zero-order chi connectivity index (χ0) is 13.8. The first-order chi connectivity index (χ1) is 9.06. The number of halogens is 1. The van der Waals surface area contributed by atoms with Gasteiger partial charge in [-0.25, -0.2) is 0 Å². The van der Waals surface area contributed by atoms with E-state index in [1.165, 1.54) is 0 Å². The molecule has 2 rings (SSSR count). The summed E-state index contributed by atoms with van der Waals surface area (Å²) in [5.41, 5.74) is 0.772. The Morgan fingerprint density at radius 3 is 2.95 bits per heavy atom. The molecule has 2 atom stereocenters. The first kappa shape index (κ1) is 14.2. The molecule has 1 fully saturated rings. The van der Waals surface area contributed by atoms with Gasteiger partial charge in [0.25, 0.3) is 0 Å². The average molecular weight is 327 g/mol. The Morgan fingerprint density at radius 1 is 1.47 bits per heavy atom. The first-order valence-electron chi connectivity index (χ1n) is 6.07. The summed E-state index contributed by atoms with van der Waals surface area (Å²) in [6.45, 7) is 0.267. The van der Waals surface area contributed by atoms with E-state index in [0.717, 1.165) is 10.0 Å². The lowest BCUT2D eigenvalue weighted by Gasteiger charge is -2.23. The maximum absolute atomic E-state index is 11.5. The molecule has 1 aromatic rings. The molecule has 0 aliphatic carbocycles. The predicted octanol–water partition coefficient (Wildman–Crippen LogP) is 0.877. The third-order valence-corrected chi connectivity index (χ3v) is 3.52. The first-order valence-corrected chi connectivity index (χ1v) is 6.86. The van der Waals surface area contributed by atoms with E-state index in [2.05, 4.69) is 26.6 Å². The fourth-order valence-corrected chi connectivity index (χ4v) is 2.39. The smallest absolute Gasteiger partial charge is 0.243 e. The number of benzene rings is 1. The summed E-state index contributed by atoms with van der Waals surface area (Å²) < 4.78 is 0.894. The quantitative estimate of drug-likeness (QED) is 0.718. The van der Waals surface area contributed by atoms with Gasteiger partial charge in [-0.05, 0) is 24.1 Å². The number of imide groups is 1. The van der Waals surface area contributed by atoms with Crippen LogP contribution in [0.25, 0.3) is 0 Å². The van der Waals surface area contributed by atoms with E-state index in [1.807, 2.05) is 24.3 Å². The summed E-state index contributed by atoms with van der Waals surface area (Å²) in [6.07, 6.45) is 0.106.